The predicted molar refractivity (Wildman–Crippen MR) is 74.4 cm³/mol. The normalized spacial score (nSPS) is 26.2. The first-order chi connectivity index (χ1) is 8.35. The first kappa shape index (κ1) is 13.0. The lowest BCUT2D eigenvalue weighted by atomic mass is 10.1. The summed E-state index contributed by atoms with van der Waals surface area (Å²) in [5, 5.41) is 4.58. The zero-order valence-corrected chi connectivity index (χ0v) is 11.6. The molecule has 0 saturated heterocycles. The van der Waals surface area contributed by atoms with Crippen LogP contribution in [-0.2, 0) is 0 Å². The van der Waals surface area contributed by atoms with Crippen LogP contribution in [0.2, 0.25) is 0 Å². The summed E-state index contributed by atoms with van der Waals surface area (Å²) >= 11 is 2.10. The summed E-state index contributed by atoms with van der Waals surface area (Å²) in [5.74, 6) is 2.31. The molecule has 2 nitrogen and oxygen atoms in total. The van der Waals surface area contributed by atoms with Gasteiger partial charge in [0.15, 0.2) is 0 Å². The van der Waals surface area contributed by atoms with Gasteiger partial charge in [-0.3, -0.25) is 0 Å². The largest absolute Gasteiger partial charge is 0.468 e. The van der Waals surface area contributed by atoms with E-state index < -0.39 is 0 Å². The van der Waals surface area contributed by atoms with Gasteiger partial charge in [-0.1, -0.05) is 20.3 Å². The van der Waals surface area contributed by atoms with Crippen LogP contribution in [-0.4, -0.2) is 17.0 Å². The predicted octanol–water partition coefficient (Wildman–Crippen LogP) is 3.99. The zero-order chi connectivity index (χ0) is 12.1. The van der Waals surface area contributed by atoms with E-state index in [9.17, 15) is 0 Å². The van der Waals surface area contributed by atoms with Crippen molar-refractivity contribution in [3.05, 3.63) is 24.2 Å². The molecule has 0 aromatic carbocycles. The number of hydrogen-bond acceptors (Lipinski definition) is 3. The molecule has 0 amide bonds. The Hall–Kier alpha value is -0.410. The molecule has 1 saturated carbocycles. The Morgan fingerprint density at radius 1 is 1.47 bits per heavy atom. The molecule has 17 heavy (non-hydrogen) atoms. The molecule has 0 radical (unpaired) electrons. The Labute approximate surface area is 109 Å². The van der Waals surface area contributed by atoms with Gasteiger partial charge in [0.25, 0.3) is 0 Å². The van der Waals surface area contributed by atoms with Gasteiger partial charge in [-0.05, 0) is 37.1 Å². The topological polar surface area (TPSA) is 25.2 Å². The Bertz CT molecular complexity index is 312. The number of thioether (sulfide) groups is 1. The average molecular weight is 253 g/mol. The molecule has 1 aliphatic rings. The third-order valence-electron chi connectivity index (χ3n) is 3.54. The second-order valence-corrected chi connectivity index (χ2v) is 6.19. The maximum absolute atomic E-state index is 5.52. The van der Waals surface area contributed by atoms with E-state index in [1.54, 1.807) is 6.26 Å². The summed E-state index contributed by atoms with van der Waals surface area (Å²) in [4.78, 5) is 0. The number of furan rings is 1. The van der Waals surface area contributed by atoms with E-state index >= 15 is 0 Å². The van der Waals surface area contributed by atoms with Crippen molar-refractivity contribution in [3.8, 4) is 0 Å². The van der Waals surface area contributed by atoms with Crippen LogP contribution in [0.4, 0.5) is 0 Å². The Kier molecular flexibility index (Phi) is 4.99. The maximum atomic E-state index is 5.52. The van der Waals surface area contributed by atoms with E-state index in [0.717, 1.165) is 17.4 Å². The number of hydrogen-bond donors (Lipinski definition) is 1. The summed E-state index contributed by atoms with van der Waals surface area (Å²) in [7, 11) is 0. The second kappa shape index (κ2) is 6.50. The van der Waals surface area contributed by atoms with Crippen LogP contribution in [0.1, 0.15) is 51.3 Å². The number of nitrogens with one attached hydrogen (secondary N) is 1. The van der Waals surface area contributed by atoms with Crippen LogP contribution < -0.4 is 5.32 Å². The SMILES string of the molecule is CCSC1CCCC1NC(CC)c1ccco1. The minimum atomic E-state index is 0.382. The van der Waals surface area contributed by atoms with E-state index in [-0.39, 0.29) is 0 Å². The van der Waals surface area contributed by atoms with Crippen molar-refractivity contribution >= 4 is 11.8 Å². The van der Waals surface area contributed by atoms with Crippen molar-refractivity contribution in [3.63, 3.8) is 0 Å². The monoisotopic (exact) mass is 253 g/mol. The fourth-order valence-electron chi connectivity index (χ4n) is 2.68. The third kappa shape index (κ3) is 3.29. The fourth-order valence-corrected chi connectivity index (χ4v) is 3.89. The Morgan fingerprint density at radius 3 is 3.00 bits per heavy atom. The molecular weight excluding hydrogens is 230 g/mol. The summed E-state index contributed by atoms with van der Waals surface area (Å²) in [6, 6.07) is 5.10. The highest BCUT2D eigenvalue weighted by molar-refractivity contribution is 7.99. The van der Waals surface area contributed by atoms with Gasteiger partial charge in [0.1, 0.15) is 5.76 Å². The summed E-state index contributed by atoms with van der Waals surface area (Å²) in [6.07, 6.45) is 6.91. The highest BCUT2D eigenvalue weighted by Crippen LogP contribution is 2.32. The van der Waals surface area contributed by atoms with Crippen LogP contribution in [0.25, 0.3) is 0 Å². The van der Waals surface area contributed by atoms with Crippen molar-refractivity contribution in [1.82, 2.24) is 5.32 Å². The molecule has 3 heteroatoms. The van der Waals surface area contributed by atoms with Gasteiger partial charge >= 0.3 is 0 Å². The van der Waals surface area contributed by atoms with Crippen LogP contribution in [0, 0.1) is 0 Å². The quantitative estimate of drug-likeness (QED) is 0.829. The van der Waals surface area contributed by atoms with Crippen molar-refractivity contribution < 1.29 is 4.42 Å². The molecule has 3 atom stereocenters. The van der Waals surface area contributed by atoms with Crippen LogP contribution in [0.15, 0.2) is 22.8 Å². The average Bonchev–Trinajstić information content (AvgIpc) is 2.97. The summed E-state index contributed by atoms with van der Waals surface area (Å²) < 4.78 is 5.52. The molecule has 0 aliphatic heterocycles. The minimum Gasteiger partial charge on any atom is -0.468 e. The summed E-state index contributed by atoms with van der Waals surface area (Å²) in [6.45, 7) is 4.47. The molecule has 96 valence electrons. The summed E-state index contributed by atoms with van der Waals surface area (Å²) in [5.41, 5.74) is 0. The van der Waals surface area contributed by atoms with E-state index in [1.165, 1.54) is 25.0 Å². The van der Waals surface area contributed by atoms with Gasteiger partial charge < -0.3 is 9.73 Å². The molecule has 1 fully saturated rings. The Balaban J connectivity index is 1.94. The van der Waals surface area contributed by atoms with Crippen molar-refractivity contribution in [1.29, 1.82) is 0 Å². The molecule has 1 aromatic rings. The lowest BCUT2D eigenvalue weighted by Gasteiger charge is -2.25. The fraction of sp³-hybridized carbons (Fsp3) is 0.714. The van der Waals surface area contributed by atoms with E-state index in [2.05, 4.69) is 37.0 Å². The van der Waals surface area contributed by atoms with E-state index in [4.69, 9.17) is 4.42 Å². The molecule has 3 unspecified atom stereocenters. The van der Waals surface area contributed by atoms with Crippen LogP contribution in [0.5, 0.6) is 0 Å². The molecule has 1 N–H and O–H groups in total. The van der Waals surface area contributed by atoms with Gasteiger partial charge in [-0.25, -0.2) is 0 Å². The van der Waals surface area contributed by atoms with Crippen LogP contribution >= 0.6 is 11.8 Å². The van der Waals surface area contributed by atoms with Crippen molar-refractivity contribution in [2.24, 2.45) is 0 Å². The third-order valence-corrected chi connectivity index (χ3v) is 4.87. The van der Waals surface area contributed by atoms with Gasteiger partial charge in [0.2, 0.25) is 0 Å². The number of rotatable bonds is 6. The lowest BCUT2D eigenvalue weighted by Crippen LogP contribution is -2.36. The van der Waals surface area contributed by atoms with E-state index in [0.29, 0.717) is 12.1 Å². The molecular formula is C14H23NOS. The van der Waals surface area contributed by atoms with Gasteiger partial charge in [-0.2, -0.15) is 11.8 Å². The van der Waals surface area contributed by atoms with Gasteiger partial charge in [0.05, 0.1) is 12.3 Å². The molecule has 0 bridgehead atoms. The minimum absolute atomic E-state index is 0.382. The van der Waals surface area contributed by atoms with E-state index in [1.807, 2.05) is 6.07 Å². The first-order valence-electron chi connectivity index (χ1n) is 6.76. The van der Waals surface area contributed by atoms with Crippen LogP contribution in [0.3, 0.4) is 0 Å². The molecule has 2 rings (SSSR count). The maximum Gasteiger partial charge on any atom is 0.120 e. The van der Waals surface area contributed by atoms with Gasteiger partial charge in [0, 0.05) is 11.3 Å². The molecule has 1 aliphatic carbocycles. The zero-order valence-electron chi connectivity index (χ0n) is 10.8. The standard InChI is InChI=1S/C14H23NOS/c1-3-11(13-8-6-10-16-13)15-12-7-5-9-14(12)17-4-2/h6,8,10-12,14-15H,3-5,7,9H2,1-2H3. The molecule has 1 heterocycles. The smallest absolute Gasteiger partial charge is 0.120 e. The highest BCUT2D eigenvalue weighted by Gasteiger charge is 2.29. The van der Waals surface area contributed by atoms with Crippen molar-refractivity contribution in [2.75, 3.05) is 5.75 Å². The molecule has 1 aromatic heterocycles. The second-order valence-electron chi connectivity index (χ2n) is 4.67. The van der Waals surface area contributed by atoms with Crippen molar-refractivity contribution in [2.45, 2.75) is 56.9 Å². The van der Waals surface area contributed by atoms with Gasteiger partial charge in [-0.15, -0.1) is 0 Å². The highest BCUT2D eigenvalue weighted by atomic mass is 32.2. The lowest BCUT2D eigenvalue weighted by molar-refractivity contribution is 0.367. The Morgan fingerprint density at radius 2 is 2.35 bits per heavy atom. The first-order valence-corrected chi connectivity index (χ1v) is 7.81. The molecule has 0 spiro atoms.